The fourth-order valence-corrected chi connectivity index (χ4v) is 3.63. The summed E-state index contributed by atoms with van der Waals surface area (Å²) in [5, 5.41) is 3.59. The van der Waals surface area contributed by atoms with Crippen LogP contribution < -0.4 is 5.32 Å². The van der Waals surface area contributed by atoms with Gasteiger partial charge in [0.1, 0.15) is 0 Å². The Balaban J connectivity index is 1.80. The van der Waals surface area contributed by atoms with E-state index in [1.165, 1.54) is 25.7 Å². The van der Waals surface area contributed by atoms with Crippen LogP contribution >= 0.6 is 0 Å². The van der Waals surface area contributed by atoms with Crippen molar-refractivity contribution in [2.24, 2.45) is 11.3 Å². The van der Waals surface area contributed by atoms with E-state index in [0.717, 1.165) is 13.0 Å². The molecule has 3 heteroatoms. The summed E-state index contributed by atoms with van der Waals surface area (Å²) in [6, 6.07) is 0.516. The van der Waals surface area contributed by atoms with Gasteiger partial charge in [-0.05, 0) is 43.6 Å². The third-order valence-electron chi connectivity index (χ3n) is 4.90. The van der Waals surface area contributed by atoms with Gasteiger partial charge in [-0.2, -0.15) is 0 Å². The van der Waals surface area contributed by atoms with Crippen LogP contribution in [0.2, 0.25) is 0 Å². The molecule has 2 aliphatic rings. The molecule has 0 aromatic heterocycles. The summed E-state index contributed by atoms with van der Waals surface area (Å²) >= 11 is 0. The third-order valence-corrected chi connectivity index (χ3v) is 4.90. The zero-order valence-corrected chi connectivity index (χ0v) is 11.8. The number of hydrogen-bond acceptors (Lipinski definition) is 1. The molecule has 0 aliphatic heterocycles. The van der Waals surface area contributed by atoms with Gasteiger partial charge >= 0.3 is 0 Å². The molecular weight excluding hydrogens is 232 g/mol. The van der Waals surface area contributed by atoms with E-state index in [9.17, 15) is 8.78 Å². The maximum atomic E-state index is 13.3. The zero-order chi connectivity index (χ0) is 13.2. The number of nitrogens with one attached hydrogen (secondary N) is 1. The van der Waals surface area contributed by atoms with E-state index in [0.29, 0.717) is 17.9 Å². The molecule has 0 saturated heterocycles. The summed E-state index contributed by atoms with van der Waals surface area (Å²) in [6.45, 7) is 5.39. The van der Waals surface area contributed by atoms with Gasteiger partial charge in [-0.25, -0.2) is 8.78 Å². The van der Waals surface area contributed by atoms with E-state index in [1.807, 2.05) is 0 Å². The first-order valence-corrected chi connectivity index (χ1v) is 7.50. The van der Waals surface area contributed by atoms with Gasteiger partial charge in [0.05, 0.1) is 0 Å². The first-order chi connectivity index (χ1) is 8.39. The standard InChI is InChI=1S/C15H27F2N/c1-14(2)8-4-3-7-13(14)18-11-12-6-5-9-15(16,17)10-12/h12-13,18H,3-11H2,1-2H3. The minimum atomic E-state index is -2.41. The lowest BCUT2D eigenvalue weighted by atomic mass is 9.73. The maximum absolute atomic E-state index is 13.3. The van der Waals surface area contributed by atoms with Crippen LogP contribution in [0.1, 0.15) is 65.2 Å². The lowest BCUT2D eigenvalue weighted by Crippen LogP contribution is -2.46. The second kappa shape index (κ2) is 5.44. The summed E-state index contributed by atoms with van der Waals surface area (Å²) in [5.41, 5.74) is 0.329. The van der Waals surface area contributed by atoms with Crippen molar-refractivity contribution in [3.63, 3.8) is 0 Å². The largest absolute Gasteiger partial charge is 0.313 e. The van der Waals surface area contributed by atoms with Crippen LogP contribution in [0.3, 0.4) is 0 Å². The van der Waals surface area contributed by atoms with Crippen LogP contribution in [-0.2, 0) is 0 Å². The lowest BCUT2D eigenvalue weighted by Gasteiger charge is -2.40. The molecule has 18 heavy (non-hydrogen) atoms. The third kappa shape index (κ3) is 3.66. The van der Waals surface area contributed by atoms with Crippen LogP contribution in [0, 0.1) is 11.3 Å². The van der Waals surface area contributed by atoms with Crippen molar-refractivity contribution >= 4 is 0 Å². The predicted octanol–water partition coefficient (Wildman–Crippen LogP) is 4.37. The van der Waals surface area contributed by atoms with Crippen molar-refractivity contribution in [1.29, 1.82) is 0 Å². The van der Waals surface area contributed by atoms with Crippen molar-refractivity contribution in [2.75, 3.05) is 6.54 Å². The normalized spacial score (nSPS) is 35.3. The van der Waals surface area contributed by atoms with Gasteiger partial charge in [-0.3, -0.25) is 0 Å². The Morgan fingerprint density at radius 1 is 1.06 bits per heavy atom. The van der Waals surface area contributed by atoms with Crippen molar-refractivity contribution in [3.8, 4) is 0 Å². The fraction of sp³-hybridized carbons (Fsp3) is 1.00. The maximum Gasteiger partial charge on any atom is 0.248 e. The van der Waals surface area contributed by atoms with Crippen molar-refractivity contribution in [1.82, 2.24) is 5.32 Å². The van der Waals surface area contributed by atoms with Gasteiger partial charge in [0.25, 0.3) is 0 Å². The van der Waals surface area contributed by atoms with Gasteiger partial charge in [0, 0.05) is 18.9 Å². The summed E-state index contributed by atoms with van der Waals surface area (Å²) in [6.07, 6.45) is 6.89. The Bertz CT molecular complexity index is 276. The average Bonchev–Trinajstić information content (AvgIpc) is 2.26. The molecule has 2 saturated carbocycles. The van der Waals surface area contributed by atoms with Gasteiger partial charge in [-0.1, -0.05) is 26.7 Å². The molecule has 0 aromatic carbocycles. The van der Waals surface area contributed by atoms with Crippen LogP contribution in [-0.4, -0.2) is 18.5 Å². The molecule has 0 heterocycles. The number of rotatable bonds is 3. The SMILES string of the molecule is CC1(C)CCCCC1NCC1CCCC(F)(F)C1. The molecule has 2 atom stereocenters. The zero-order valence-electron chi connectivity index (χ0n) is 11.8. The molecule has 0 aromatic rings. The highest BCUT2D eigenvalue weighted by Gasteiger charge is 2.37. The van der Waals surface area contributed by atoms with Crippen LogP contribution in [0.5, 0.6) is 0 Å². The second-order valence-electron chi connectivity index (χ2n) is 7.01. The summed E-state index contributed by atoms with van der Waals surface area (Å²) in [5.74, 6) is -2.24. The van der Waals surface area contributed by atoms with Crippen molar-refractivity contribution in [2.45, 2.75) is 77.2 Å². The average molecular weight is 259 g/mol. The highest BCUT2D eigenvalue weighted by Crippen LogP contribution is 2.38. The molecule has 2 unspecified atom stereocenters. The van der Waals surface area contributed by atoms with Gasteiger partial charge < -0.3 is 5.32 Å². The van der Waals surface area contributed by atoms with Crippen LogP contribution in [0.15, 0.2) is 0 Å². The molecule has 2 rings (SSSR count). The highest BCUT2D eigenvalue weighted by atomic mass is 19.3. The Hall–Kier alpha value is -0.180. The Morgan fingerprint density at radius 2 is 1.83 bits per heavy atom. The molecule has 2 fully saturated rings. The van der Waals surface area contributed by atoms with Crippen LogP contribution in [0.25, 0.3) is 0 Å². The summed E-state index contributed by atoms with van der Waals surface area (Å²) in [7, 11) is 0. The minimum absolute atomic E-state index is 0.0904. The highest BCUT2D eigenvalue weighted by molar-refractivity contribution is 4.89. The van der Waals surface area contributed by atoms with E-state index in [-0.39, 0.29) is 18.8 Å². The number of hydrogen-bond donors (Lipinski definition) is 1. The Kier molecular flexibility index (Phi) is 4.30. The predicted molar refractivity (Wildman–Crippen MR) is 70.9 cm³/mol. The number of halogens is 2. The van der Waals surface area contributed by atoms with Crippen molar-refractivity contribution < 1.29 is 8.78 Å². The fourth-order valence-electron chi connectivity index (χ4n) is 3.63. The van der Waals surface area contributed by atoms with E-state index < -0.39 is 5.92 Å². The molecule has 106 valence electrons. The van der Waals surface area contributed by atoms with E-state index in [4.69, 9.17) is 0 Å². The Morgan fingerprint density at radius 3 is 2.50 bits per heavy atom. The molecule has 0 bridgehead atoms. The van der Waals surface area contributed by atoms with Gasteiger partial charge in [0.2, 0.25) is 5.92 Å². The first-order valence-electron chi connectivity index (χ1n) is 7.50. The summed E-state index contributed by atoms with van der Waals surface area (Å²) < 4.78 is 26.7. The molecular formula is C15H27F2N. The first kappa shape index (κ1) is 14.2. The number of alkyl halides is 2. The minimum Gasteiger partial charge on any atom is -0.313 e. The molecule has 0 radical (unpaired) electrons. The van der Waals surface area contributed by atoms with E-state index in [1.54, 1.807) is 0 Å². The van der Waals surface area contributed by atoms with Crippen molar-refractivity contribution in [3.05, 3.63) is 0 Å². The van der Waals surface area contributed by atoms with Crippen LogP contribution in [0.4, 0.5) is 8.78 Å². The topological polar surface area (TPSA) is 12.0 Å². The van der Waals surface area contributed by atoms with E-state index >= 15 is 0 Å². The second-order valence-corrected chi connectivity index (χ2v) is 7.01. The molecule has 0 amide bonds. The molecule has 1 nitrogen and oxygen atoms in total. The monoisotopic (exact) mass is 259 g/mol. The smallest absolute Gasteiger partial charge is 0.248 e. The summed E-state index contributed by atoms with van der Waals surface area (Å²) in [4.78, 5) is 0. The molecule has 0 spiro atoms. The molecule has 1 N–H and O–H groups in total. The van der Waals surface area contributed by atoms with E-state index in [2.05, 4.69) is 19.2 Å². The lowest BCUT2D eigenvalue weighted by molar-refractivity contribution is -0.0529. The van der Waals surface area contributed by atoms with Gasteiger partial charge in [0.15, 0.2) is 0 Å². The Labute approximate surface area is 110 Å². The molecule has 2 aliphatic carbocycles. The van der Waals surface area contributed by atoms with Gasteiger partial charge in [-0.15, -0.1) is 0 Å². The quantitative estimate of drug-likeness (QED) is 0.793.